The van der Waals surface area contributed by atoms with Crippen molar-refractivity contribution in [1.29, 1.82) is 0 Å². The third-order valence-corrected chi connectivity index (χ3v) is 4.60. The van der Waals surface area contributed by atoms with E-state index in [1.165, 1.54) is 12.1 Å². The molecular weight excluding hydrogens is 321 g/mol. The fraction of sp³-hybridized carbons (Fsp3) is 0.263. The molecule has 1 amide bonds. The van der Waals surface area contributed by atoms with Crippen molar-refractivity contribution in [2.75, 3.05) is 0 Å². The molecule has 0 spiro atoms. The van der Waals surface area contributed by atoms with Crippen molar-refractivity contribution in [3.05, 3.63) is 65.2 Å². The lowest BCUT2D eigenvalue weighted by Crippen LogP contribution is -2.34. The standard InChI is InChI=1S/C19H18FN3O2/c20-12-5-6-14-15(10-12)22-17(21-14)7-8-18(25)23-19-13-4-2-1-3-11(13)9-16(19)24/h1-6,10,16,19,24H,7-9H2,(H,21,22)(H,23,25)/t16-,19+/m0/s1. The third kappa shape index (κ3) is 3.13. The molecule has 0 radical (unpaired) electrons. The molecule has 6 heteroatoms. The molecule has 0 saturated heterocycles. The molecule has 2 atom stereocenters. The number of benzene rings is 2. The van der Waals surface area contributed by atoms with Crippen LogP contribution in [0, 0.1) is 5.82 Å². The van der Waals surface area contributed by atoms with E-state index in [1.807, 2.05) is 24.3 Å². The summed E-state index contributed by atoms with van der Waals surface area (Å²) in [5.41, 5.74) is 3.34. The Morgan fingerprint density at radius 3 is 3.04 bits per heavy atom. The maximum Gasteiger partial charge on any atom is 0.221 e. The molecule has 3 N–H and O–H groups in total. The first-order valence-corrected chi connectivity index (χ1v) is 8.29. The molecule has 1 aromatic heterocycles. The number of aliphatic hydroxyl groups is 1. The number of nitrogens with one attached hydrogen (secondary N) is 2. The number of carbonyl (C=O) groups excluding carboxylic acids is 1. The van der Waals surface area contributed by atoms with Crippen LogP contribution in [-0.4, -0.2) is 27.1 Å². The van der Waals surface area contributed by atoms with Crippen molar-refractivity contribution in [3.63, 3.8) is 0 Å². The summed E-state index contributed by atoms with van der Waals surface area (Å²) in [4.78, 5) is 19.7. The van der Waals surface area contributed by atoms with Crippen LogP contribution >= 0.6 is 0 Å². The van der Waals surface area contributed by atoms with Gasteiger partial charge in [0, 0.05) is 19.3 Å². The van der Waals surface area contributed by atoms with Gasteiger partial charge >= 0.3 is 0 Å². The molecule has 1 aliphatic carbocycles. The van der Waals surface area contributed by atoms with Crippen molar-refractivity contribution in [2.24, 2.45) is 0 Å². The van der Waals surface area contributed by atoms with Gasteiger partial charge < -0.3 is 15.4 Å². The van der Waals surface area contributed by atoms with Gasteiger partial charge in [-0.2, -0.15) is 0 Å². The summed E-state index contributed by atoms with van der Waals surface area (Å²) >= 11 is 0. The number of aromatic nitrogens is 2. The molecule has 1 heterocycles. The quantitative estimate of drug-likeness (QED) is 0.683. The van der Waals surface area contributed by atoms with Crippen molar-refractivity contribution >= 4 is 16.9 Å². The van der Waals surface area contributed by atoms with Crippen LogP contribution in [0.1, 0.15) is 29.4 Å². The molecule has 3 aromatic rings. The summed E-state index contributed by atoms with van der Waals surface area (Å²) in [6, 6.07) is 11.7. The van der Waals surface area contributed by atoms with Gasteiger partial charge in [0.1, 0.15) is 11.6 Å². The average Bonchev–Trinajstić information content (AvgIpc) is 3.13. The minimum absolute atomic E-state index is 0.146. The summed E-state index contributed by atoms with van der Waals surface area (Å²) in [6.07, 6.45) is 0.617. The molecule has 0 bridgehead atoms. The van der Waals surface area contributed by atoms with Crippen LogP contribution in [-0.2, 0) is 17.6 Å². The fourth-order valence-electron chi connectivity index (χ4n) is 3.38. The average molecular weight is 339 g/mol. The van der Waals surface area contributed by atoms with Gasteiger partial charge in [0.15, 0.2) is 0 Å². The van der Waals surface area contributed by atoms with Gasteiger partial charge in [-0.3, -0.25) is 4.79 Å². The minimum Gasteiger partial charge on any atom is -0.390 e. The number of amides is 1. The molecule has 2 aromatic carbocycles. The van der Waals surface area contributed by atoms with Gasteiger partial charge in [-0.25, -0.2) is 9.37 Å². The normalized spacial score (nSPS) is 19.1. The summed E-state index contributed by atoms with van der Waals surface area (Å²) in [5, 5.41) is 13.1. The molecule has 0 unspecified atom stereocenters. The molecule has 128 valence electrons. The number of fused-ring (bicyclic) bond motifs is 2. The lowest BCUT2D eigenvalue weighted by atomic mass is 10.1. The zero-order chi connectivity index (χ0) is 17.4. The Kier molecular flexibility index (Phi) is 3.97. The first-order chi connectivity index (χ1) is 12.1. The number of aryl methyl sites for hydroxylation is 1. The minimum atomic E-state index is -0.601. The van der Waals surface area contributed by atoms with Crippen LogP contribution in [0.4, 0.5) is 4.39 Å². The Morgan fingerprint density at radius 2 is 2.16 bits per heavy atom. The van der Waals surface area contributed by atoms with Gasteiger partial charge in [-0.15, -0.1) is 0 Å². The van der Waals surface area contributed by atoms with Gasteiger partial charge in [0.25, 0.3) is 0 Å². The molecule has 4 rings (SSSR count). The second kappa shape index (κ2) is 6.29. The van der Waals surface area contributed by atoms with E-state index in [0.717, 1.165) is 11.1 Å². The van der Waals surface area contributed by atoms with E-state index in [1.54, 1.807) is 6.07 Å². The van der Waals surface area contributed by atoms with E-state index in [4.69, 9.17) is 0 Å². The van der Waals surface area contributed by atoms with Gasteiger partial charge in [0.2, 0.25) is 5.91 Å². The summed E-state index contributed by atoms with van der Waals surface area (Å²) in [5.74, 6) is 0.171. The van der Waals surface area contributed by atoms with Gasteiger partial charge in [-0.05, 0) is 29.3 Å². The van der Waals surface area contributed by atoms with Crippen molar-refractivity contribution < 1.29 is 14.3 Å². The van der Waals surface area contributed by atoms with E-state index < -0.39 is 6.10 Å². The number of hydrogen-bond donors (Lipinski definition) is 3. The Bertz CT molecular complexity index is 937. The lowest BCUT2D eigenvalue weighted by molar-refractivity contribution is -0.122. The Balaban J connectivity index is 1.40. The number of H-pyrrole nitrogens is 1. The number of imidazole rings is 1. The largest absolute Gasteiger partial charge is 0.390 e. The van der Waals surface area contributed by atoms with Crippen molar-refractivity contribution in [3.8, 4) is 0 Å². The molecule has 1 aliphatic rings. The highest BCUT2D eigenvalue weighted by molar-refractivity contribution is 5.78. The number of carbonyl (C=O) groups is 1. The molecule has 0 aliphatic heterocycles. The molecule has 0 saturated carbocycles. The zero-order valence-corrected chi connectivity index (χ0v) is 13.5. The Labute approximate surface area is 143 Å². The molecule has 5 nitrogen and oxygen atoms in total. The Morgan fingerprint density at radius 1 is 1.32 bits per heavy atom. The van der Waals surface area contributed by atoms with Crippen molar-refractivity contribution in [1.82, 2.24) is 15.3 Å². The number of nitrogens with zero attached hydrogens (tertiary/aromatic N) is 1. The monoisotopic (exact) mass is 339 g/mol. The van der Waals surface area contributed by atoms with Crippen LogP contribution in [0.3, 0.4) is 0 Å². The first kappa shape index (κ1) is 15.8. The third-order valence-electron chi connectivity index (χ3n) is 4.60. The van der Waals surface area contributed by atoms with E-state index >= 15 is 0 Å². The molecule has 0 fully saturated rings. The SMILES string of the molecule is O=C(CCc1nc2ccc(F)cc2[nH]1)N[C@@H]1c2ccccc2C[C@@H]1O. The van der Waals surface area contributed by atoms with Crippen LogP contribution in [0.15, 0.2) is 42.5 Å². The highest BCUT2D eigenvalue weighted by Crippen LogP contribution is 2.31. The predicted octanol–water partition coefficient (Wildman–Crippen LogP) is 2.41. The molecular formula is C19H18FN3O2. The molecule has 25 heavy (non-hydrogen) atoms. The van der Waals surface area contributed by atoms with Gasteiger partial charge in [-0.1, -0.05) is 24.3 Å². The van der Waals surface area contributed by atoms with E-state index in [-0.39, 0.29) is 24.2 Å². The van der Waals surface area contributed by atoms with Crippen molar-refractivity contribution in [2.45, 2.75) is 31.4 Å². The van der Waals surface area contributed by atoms with Gasteiger partial charge in [0.05, 0.1) is 23.2 Å². The highest BCUT2D eigenvalue weighted by atomic mass is 19.1. The second-order valence-corrected chi connectivity index (χ2v) is 6.36. The maximum absolute atomic E-state index is 13.2. The van der Waals surface area contributed by atoms with E-state index in [0.29, 0.717) is 29.7 Å². The summed E-state index contributed by atoms with van der Waals surface area (Å²) < 4.78 is 13.2. The smallest absolute Gasteiger partial charge is 0.221 e. The summed E-state index contributed by atoms with van der Waals surface area (Å²) in [6.45, 7) is 0. The van der Waals surface area contributed by atoms with Crippen LogP contribution in [0.5, 0.6) is 0 Å². The first-order valence-electron chi connectivity index (χ1n) is 8.29. The summed E-state index contributed by atoms with van der Waals surface area (Å²) in [7, 11) is 0. The fourth-order valence-corrected chi connectivity index (χ4v) is 3.38. The van der Waals surface area contributed by atoms with Crippen LogP contribution in [0.25, 0.3) is 11.0 Å². The number of aromatic amines is 1. The second-order valence-electron chi connectivity index (χ2n) is 6.36. The van der Waals surface area contributed by atoms with Crippen LogP contribution in [0.2, 0.25) is 0 Å². The van der Waals surface area contributed by atoms with Crippen LogP contribution < -0.4 is 5.32 Å². The van der Waals surface area contributed by atoms with E-state index in [2.05, 4.69) is 15.3 Å². The lowest BCUT2D eigenvalue weighted by Gasteiger charge is -2.17. The number of hydrogen-bond acceptors (Lipinski definition) is 3. The zero-order valence-electron chi connectivity index (χ0n) is 13.5. The predicted molar refractivity (Wildman–Crippen MR) is 91.4 cm³/mol. The Hall–Kier alpha value is -2.73. The topological polar surface area (TPSA) is 78.0 Å². The number of halogens is 1. The van der Waals surface area contributed by atoms with E-state index in [9.17, 15) is 14.3 Å². The number of rotatable bonds is 4. The maximum atomic E-state index is 13.2. The highest BCUT2D eigenvalue weighted by Gasteiger charge is 2.31. The number of aliphatic hydroxyl groups excluding tert-OH is 1.